The number of rotatable bonds is 8. The Morgan fingerprint density at radius 3 is 2.71 bits per heavy atom. The highest BCUT2D eigenvalue weighted by Gasteiger charge is 2.16. The van der Waals surface area contributed by atoms with E-state index in [2.05, 4.69) is 22.1 Å². The lowest BCUT2D eigenvalue weighted by molar-refractivity contribution is -0.118. The molecule has 0 fully saturated rings. The van der Waals surface area contributed by atoms with Crippen LogP contribution in [0.1, 0.15) is 16.7 Å². The van der Waals surface area contributed by atoms with Crippen LogP contribution in [0.3, 0.4) is 0 Å². The van der Waals surface area contributed by atoms with Gasteiger partial charge in [-0.25, -0.2) is 10.4 Å². The van der Waals surface area contributed by atoms with Gasteiger partial charge in [-0.2, -0.15) is 5.10 Å². The summed E-state index contributed by atoms with van der Waals surface area (Å²) in [6.45, 7) is 5.60. The number of aromatic nitrogens is 2. The molecule has 0 aliphatic heterocycles. The molecule has 2 N–H and O–H groups in total. The highest BCUT2D eigenvalue weighted by Crippen LogP contribution is 2.23. The zero-order valence-electron chi connectivity index (χ0n) is 19.1. The molecule has 7 nitrogen and oxygen atoms in total. The van der Waals surface area contributed by atoms with Crippen molar-refractivity contribution >= 4 is 34.8 Å². The number of carbonyl (C=O) groups is 1. The molecule has 0 radical (unpaired) electrons. The maximum absolute atomic E-state index is 13.3. The molecule has 1 heterocycles. The van der Waals surface area contributed by atoms with Gasteiger partial charge in [0, 0.05) is 5.56 Å². The highest BCUT2D eigenvalue weighted by atomic mass is 32.2. The van der Waals surface area contributed by atoms with Gasteiger partial charge >= 0.3 is 0 Å². The molecule has 0 saturated carbocycles. The molecule has 0 unspecified atom stereocenters. The summed E-state index contributed by atoms with van der Waals surface area (Å²) in [7, 11) is 0. The Morgan fingerprint density at radius 1 is 1.14 bits per heavy atom. The van der Waals surface area contributed by atoms with Crippen LogP contribution in [0.2, 0.25) is 0 Å². The third kappa shape index (κ3) is 5.33. The molecule has 0 bridgehead atoms. The molecule has 3 aromatic carbocycles. The van der Waals surface area contributed by atoms with Gasteiger partial charge < -0.3 is 5.11 Å². The Labute approximate surface area is 206 Å². The predicted octanol–water partition coefficient (Wildman–Crippen LogP) is 4.37. The number of hydrazone groups is 1. The van der Waals surface area contributed by atoms with E-state index in [9.17, 15) is 14.7 Å². The van der Waals surface area contributed by atoms with Gasteiger partial charge in [0.1, 0.15) is 5.75 Å². The van der Waals surface area contributed by atoms with Gasteiger partial charge in [0.05, 0.1) is 28.6 Å². The Morgan fingerprint density at radius 2 is 1.91 bits per heavy atom. The topological polar surface area (TPSA) is 96.6 Å². The quantitative estimate of drug-likeness (QED) is 0.127. The molecule has 0 aliphatic rings. The molecule has 1 aromatic heterocycles. The van der Waals surface area contributed by atoms with E-state index in [1.807, 2.05) is 37.3 Å². The van der Waals surface area contributed by atoms with Crippen LogP contribution < -0.4 is 11.0 Å². The molecular weight excluding hydrogens is 460 g/mol. The smallest absolute Gasteiger partial charge is 0.266 e. The summed E-state index contributed by atoms with van der Waals surface area (Å²) in [6, 6.07) is 20.0. The van der Waals surface area contributed by atoms with Crippen molar-refractivity contribution in [1.82, 2.24) is 15.0 Å². The number of benzene rings is 3. The molecule has 1 amide bonds. The monoisotopic (exact) mass is 484 g/mol. The second-order valence-corrected chi connectivity index (χ2v) is 8.71. The minimum absolute atomic E-state index is 0.00348. The van der Waals surface area contributed by atoms with Gasteiger partial charge in [-0.3, -0.25) is 14.2 Å². The normalized spacial score (nSPS) is 11.1. The lowest BCUT2D eigenvalue weighted by Gasteiger charge is -2.14. The van der Waals surface area contributed by atoms with E-state index in [1.165, 1.54) is 6.21 Å². The number of carbonyl (C=O) groups excluding carboxylic acids is 1. The standard InChI is InChI=1S/C27H24N4O3S/c1-3-9-19-11-8-12-20(25(19)33)16-28-30-24(32)17-35-27-29-22-14-6-5-13-21(22)26(34)31(27)23-15-7-4-10-18(23)2/h3-8,10-16,33H,1,9,17H2,2H3,(H,30,32). The van der Waals surface area contributed by atoms with E-state index in [0.29, 0.717) is 33.7 Å². The number of fused-ring (bicyclic) bond motifs is 1. The van der Waals surface area contributed by atoms with Crippen LogP contribution in [0.4, 0.5) is 0 Å². The number of amides is 1. The minimum Gasteiger partial charge on any atom is -0.507 e. The summed E-state index contributed by atoms with van der Waals surface area (Å²) in [5.74, 6) is -0.273. The number of hydrogen-bond acceptors (Lipinski definition) is 6. The Balaban J connectivity index is 1.55. The molecule has 0 saturated heterocycles. The largest absolute Gasteiger partial charge is 0.507 e. The highest BCUT2D eigenvalue weighted by molar-refractivity contribution is 7.99. The van der Waals surface area contributed by atoms with Crippen molar-refractivity contribution in [2.24, 2.45) is 5.10 Å². The third-order valence-electron chi connectivity index (χ3n) is 5.34. The van der Waals surface area contributed by atoms with Crippen LogP contribution in [-0.2, 0) is 11.2 Å². The lowest BCUT2D eigenvalue weighted by Crippen LogP contribution is -2.24. The zero-order chi connectivity index (χ0) is 24.8. The van der Waals surface area contributed by atoms with Gasteiger partial charge in [-0.15, -0.1) is 6.58 Å². The number of hydrogen-bond donors (Lipinski definition) is 2. The maximum atomic E-state index is 13.3. The van der Waals surface area contributed by atoms with Crippen LogP contribution in [0.25, 0.3) is 16.6 Å². The Kier molecular flexibility index (Phi) is 7.42. The summed E-state index contributed by atoms with van der Waals surface area (Å²) >= 11 is 1.15. The van der Waals surface area contributed by atoms with E-state index in [-0.39, 0.29) is 23.0 Å². The average Bonchev–Trinajstić information content (AvgIpc) is 2.86. The van der Waals surface area contributed by atoms with E-state index < -0.39 is 0 Å². The lowest BCUT2D eigenvalue weighted by atomic mass is 10.1. The number of thioether (sulfide) groups is 1. The van der Waals surface area contributed by atoms with E-state index in [4.69, 9.17) is 0 Å². The molecule has 4 rings (SSSR count). The van der Waals surface area contributed by atoms with Gasteiger partial charge in [0.25, 0.3) is 11.5 Å². The van der Waals surface area contributed by atoms with Crippen molar-refractivity contribution in [1.29, 1.82) is 0 Å². The number of para-hydroxylation sites is 3. The fraction of sp³-hybridized carbons (Fsp3) is 0.111. The average molecular weight is 485 g/mol. The molecule has 0 atom stereocenters. The first kappa shape index (κ1) is 24.0. The summed E-state index contributed by atoms with van der Waals surface area (Å²) in [4.78, 5) is 30.5. The van der Waals surface area contributed by atoms with Gasteiger partial charge in [0.2, 0.25) is 0 Å². The van der Waals surface area contributed by atoms with E-state index >= 15 is 0 Å². The molecule has 176 valence electrons. The van der Waals surface area contributed by atoms with Gasteiger partial charge in [-0.05, 0) is 48.7 Å². The minimum atomic E-state index is -0.369. The zero-order valence-corrected chi connectivity index (χ0v) is 20.0. The number of nitrogens with zero attached hydrogens (tertiary/aromatic N) is 3. The van der Waals surface area contributed by atoms with Crippen molar-refractivity contribution in [2.45, 2.75) is 18.5 Å². The van der Waals surface area contributed by atoms with Crippen molar-refractivity contribution < 1.29 is 9.90 Å². The first-order valence-electron chi connectivity index (χ1n) is 10.9. The first-order chi connectivity index (χ1) is 17.0. The van der Waals surface area contributed by atoms with Crippen molar-refractivity contribution in [2.75, 3.05) is 5.75 Å². The fourth-order valence-corrected chi connectivity index (χ4v) is 4.41. The molecule has 4 aromatic rings. The number of aromatic hydroxyl groups is 1. The van der Waals surface area contributed by atoms with E-state index in [1.54, 1.807) is 47.0 Å². The number of aryl methyl sites for hydroxylation is 1. The summed E-state index contributed by atoms with van der Waals surface area (Å²) in [5.41, 5.74) is 5.68. The second-order valence-electron chi connectivity index (χ2n) is 7.77. The van der Waals surface area contributed by atoms with Crippen LogP contribution in [0.5, 0.6) is 5.75 Å². The molecule has 0 aliphatic carbocycles. The molecular formula is C27H24N4O3S. The molecule has 8 heteroatoms. The summed E-state index contributed by atoms with van der Waals surface area (Å²) in [6.07, 6.45) is 3.62. The van der Waals surface area contributed by atoms with Crippen molar-refractivity contribution in [3.8, 4) is 11.4 Å². The number of phenolic OH excluding ortho intramolecular Hbond substituents is 1. The van der Waals surface area contributed by atoms with Crippen LogP contribution in [-0.4, -0.2) is 32.5 Å². The second kappa shape index (κ2) is 10.8. The fourth-order valence-electron chi connectivity index (χ4n) is 3.61. The van der Waals surface area contributed by atoms with Gasteiger partial charge in [0.15, 0.2) is 5.16 Å². The molecule has 35 heavy (non-hydrogen) atoms. The number of nitrogens with one attached hydrogen (secondary N) is 1. The van der Waals surface area contributed by atoms with Gasteiger partial charge in [-0.1, -0.05) is 60.3 Å². The summed E-state index contributed by atoms with van der Waals surface area (Å²) < 4.78 is 1.54. The molecule has 0 spiro atoms. The van der Waals surface area contributed by atoms with Crippen molar-refractivity contribution in [3.05, 3.63) is 106 Å². The van der Waals surface area contributed by atoms with E-state index in [0.717, 1.165) is 22.9 Å². The number of allylic oxidation sites excluding steroid dienone is 1. The predicted molar refractivity (Wildman–Crippen MR) is 141 cm³/mol. The SMILES string of the molecule is C=CCc1cccc(C=NNC(=O)CSc2nc3ccccc3c(=O)n2-c2ccccc2C)c1O. The number of phenols is 1. The summed E-state index contributed by atoms with van der Waals surface area (Å²) in [5, 5.41) is 15.2. The van der Waals surface area contributed by atoms with Crippen LogP contribution in [0.15, 0.2) is 94.4 Å². The maximum Gasteiger partial charge on any atom is 0.266 e. The van der Waals surface area contributed by atoms with Crippen LogP contribution in [0, 0.1) is 6.92 Å². The Bertz CT molecular complexity index is 1490. The first-order valence-corrected chi connectivity index (χ1v) is 11.9. The third-order valence-corrected chi connectivity index (χ3v) is 6.28. The van der Waals surface area contributed by atoms with Crippen molar-refractivity contribution in [3.63, 3.8) is 0 Å². The van der Waals surface area contributed by atoms with Crippen LogP contribution >= 0.6 is 11.8 Å². The Hall–Kier alpha value is -4.17.